The number of nitrogens with two attached hydrogens (primary N) is 2. The summed E-state index contributed by atoms with van der Waals surface area (Å²) in [6, 6.07) is 19.8. The summed E-state index contributed by atoms with van der Waals surface area (Å²) in [5.74, 6) is -1.15. The van der Waals surface area contributed by atoms with Gasteiger partial charge in [0, 0.05) is 6.07 Å². The molecule has 3 aromatic carbocycles. The topological polar surface area (TPSA) is 118 Å². The van der Waals surface area contributed by atoms with E-state index < -0.39 is 23.9 Å². The van der Waals surface area contributed by atoms with Crippen LogP contribution in [0, 0.1) is 10.8 Å². The maximum atomic E-state index is 13.5. The number of benzene rings is 3. The zero-order chi connectivity index (χ0) is 23.3. The molecule has 182 valence electrons. The van der Waals surface area contributed by atoms with Crippen LogP contribution in [0.15, 0.2) is 78.9 Å². The molecule has 0 heterocycles. The van der Waals surface area contributed by atoms with Crippen molar-refractivity contribution in [1.29, 1.82) is 10.8 Å². The fraction of sp³-hybridized carbons (Fsp3) is 0.130. The second-order valence-corrected chi connectivity index (χ2v) is 6.92. The Bertz CT molecular complexity index is 1020. The Hall–Kier alpha value is -3.43. The van der Waals surface area contributed by atoms with E-state index in [0.717, 1.165) is 12.1 Å². The SMILES string of the molecule is Cl.Cl.N=C(N)C(Oc1cc(OC(C(=N)N)c2ccccc2)cc(C(F)(F)F)c1)c1ccccc1. The quantitative estimate of drug-likeness (QED) is 0.229. The molecule has 34 heavy (non-hydrogen) atoms. The van der Waals surface area contributed by atoms with Crippen LogP contribution in [0.2, 0.25) is 0 Å². The minimum absolute atomic E-state index is 0. The highest BCUT2D eigenvalue weighted by atomic mass is 35.5. The highest BCUT2D eigenvalue weighted by molar-refractivity contribution is 5.86. The van der Waals surface area contributed by atoms with Gasteiger partial charge in [-0.3, -0.25) is 10.8 Å². The molecule has 0 amide bonds. The highest BCUT2D eigenvalue weighted by Gasteiger charge is 2.33. The van der Waals surface area contributed by atoms with Crippen molar-refractivity contribution in [2.45, 2.75) is 18.4 Å². The first-order valence-electron chi connectivity index (χ1n) is 9.48. The van der Waals surface area contributed by atoms with Crippen LogP contribution in [0.4, 0.5) is 13.2 Å². The number of hydrogen-bond donors (Lipinski definition) is 4. The van der Waals surface area contributed by atoms with E-state index in [1.807, 2.05) is 0 Å². The van der Waals surface area contributed by atoms with Crippen molar-refractivity contribution in [3.05, 3.63) is 95.6 Å². The lowest BCUT2D eigenvalue weighted by Gasteiger charge is -2.22. The third-order valence-corrected chi connectivity index (χ3v) is 4.48. The Balaban J connectivity index is 0.00000289. The van der Waals surface area contributed by atoms with Crippen molar-refractivity contribution < 1.29 is 22.6 Å². The van der Waals surface area contributed by atoms with E-state index in [0.29, 0.717) is 11.1 Å². The van der Waals surface area contributed by atoms with Crippen molar-refractivity contribution in [2.24, 2.45) is 11.5 Å². The molecule has 0 aliphatic carbocycles. The third-order valence-electron chi connectivity index (χ3n) is 4.48. The number of hydrogen-bond acceptors (Lipinski definition) is 4. The van der Waals surface area contributed by atoms with Crippen LogP contribution in [-0.4, -0.2) is 11.7 Å². The molecule has 0 bridgehead atoms. The summed E-state index contributed by atoms with van der Waals surface area (Å²) >= 11 is 0. The van der Waals surface area contributed by atoms with E-state index in [1.165, 1.54) is 6.07 Å². The monoisotopic (exact) mass is 514 g/mol. The summed E-state index contributed by atoms with van der Waals surface area (Å²) in [5, 5.41) is 15.6. The molecule has 6 N–H and O–H groups in total. The molecule has 0 aliphatic heterocycles. The summed E-state index contributed by atoms with van der Waals surface area (Å²) < 4.78 is 52.0. The first-order valence-corrected chi connectivity index (χ1v) is 9.48. The molecule has 0 aliphatic rings. The molecule has 6 nitrogen and oxygen atoms in total. The van der Waals surface area contributed by atoms with E-state index in [9.17, 15) is 13.2 Å². The molecule has 0 spiro atoms. The molecule has 0 saturated carbocycles. The van der Waals surface area contributed by atoms with Crippen molar-refractivity contribution in [3.63, 3.8) is 0 Å². The molecular formula is C23H23Cl2F3N4O2. The molecule has 0 fully saturated rings. The van der Waals surface area contributed by atoms with Gasteiger partial charge in [-0.05, 0) is 23.3 Å². The van der Waals surface area contributed by atoms with E-state index in [-0.39, 0.29) is 48.0 Å². The Labute approximate surface area is 206 Å². The second-order valence-electron chi connectivity index (χ2n) is 6.92. The first kappa shape index (κ1) is 28.6. The predicted molar refractivity (Wildman–Crippen MR) is 129 cm³/mol. The minimum atomic E-state index is -4.69. The van der Waals surface area contributed by atoms with Gasteiger partial charge in [0.2, 0.25) is 0 Å². The lowest BCUT2D eigenvalue weighted by Crippen LogP contribution is -2.26. The fourth-order valence-corrected chi connectivity index (χ4v) is 3.02. The van der Waals surface area contributed by atoms with Crippen LogP contribution in [0.5, 0.6) is 11.5 Å². The van der Waals surface area contributed by atoms with Gasteiger partial charge in [0.15, 0.2) is 12.2 Å². The Morgan fingerprint density at radius 3 is 1.32 bits per heavy atom. The van der Waals surface area contributed by atoms with Gasteiger partial charge < -0.3 is 20.9 Å². The summed E-state index contributed by atoms with van der Waals surface area (Å²) in [4.78, 5) is 0. The Morgan fingerprint density at radius 2 is 1.03 bits per heavy atom. The van der Waals surface area contributed by atoms with Gasteiger partial charge in [0.1, 0.15) is 23.2 Å². The fourth-order valence-electron chi connectivity index (χ4n) is 3.02. The standard InChI is InChI=1S/C23H21F3N4O2.2ClH/c24-23(25,26)16-11-17(31-19(21(27)28)14-7-3-1-4-8-14)13-18(12-16)32-20(22(29)30)15-9-5-2-6-10-15;;/h1-13,19-20H,(H3,27,28)(H3,29,30);2*1H. The summed E-state index contributed by atoms with van der Waals surface area (Å²) in [6.45, 7) is 0. The third kappa shape index (κ3) is 7.29. The number of halogens is 5. The molecule has 11 heteroatoms. The molecule has 3 rings (SSSR count). The normalized spacial score (nSPS) is 12.3. The van der Waals surface area contributed by atoms with Gasteiger partial charge in [0.05, 0.1) is 5.56 Å². The predicted octanol–water partition coefficient (Wildman–Crippen LogP) is 5.66. The number of alkyl halides is 3. The number of amidine groups is 2. The van der Waals surface area contributed by atoms with Gasteiger partial charge in [-0.25, -0.2) is 0 Å². The average molecular weight is 515 g/mol. The van der Waals surface area contributed by atoms with Crippen molar-refractivity contribution in [1.82, 2.24) is 0 Å². The number of ether oxygens (including phenoxy) is 2. The van der Waals surface area contributed by atoms with Crippen molar-refractivity contribution in [3.8, 4) is 11.5 Å². The van der Waals surface area contributed by atoms with Crippen LogP contribution in [0.1, 0.15) is 28.9 Å². The van der Waals surface area contributed by atoms with Crippen molar-refractivity contribution in [2.75, 3.05) is 0 Å². The molecule has 0 aromatic heterocycles. The highest BCUT2D eigenvalue weighted by Crippen LogP contribution is 2.37. The number of rotatable bonds is 8. The Kier molecular flexibility index (Phi) is 10.2. The lowest BCUT2D eigenvalue weighted by atomic mass is 10.1. The van der Waals surface area contributed by atoms with Gasteiger partial charge in [-0.15, -0.1) is 24.8 Å². The largest absolute Gasteiger partial charge is 0.478 e. The molecule has 0 saturated heterocycles. The molecular weight excluding hydrogens is 492 g/mol. The van der Waals surface area contributed by atoms with Gasteiger partial charge in [-0.1, -0.05) is 60.7 Å². The summed E-state index contributed by atoms with van der Waals surface area (Å²) in [6.07, 6.45) is -6.87. The second kappa shape index (κ2) is 12.2. The molecule has 2 unspecified atom stereocenters. The maximum absolute atomic E-state index is 13.5. The number of nitrogens with one attached hydrogen (secondary N) is 2. The van der Waals surface area contributed by atoms with Crippen LogP contribution >= 0.6 is 24.8 Å². The van der Waals surface area contributed by atoms with Gasteiger partial charge >= 0.3 is 6.18 Å². The zero-order valence-corrected chi connectivity index (χ0v) is 19.2. The van der Waals surface area contributed by atoms with Crippen LogP contribution in [0.3, 0.4) is 0 Å². The van der Waals surface area contributed by atoms with E-state index in [2.05, 4.69) is 0 Å². The Morgan fingerprint density at radius 1 is 0.676 bits per heavy atom. The zero-order valence-electron chi connectivity index (χ0n) is 17.6. The first-order chi connectivity index (χ1) is 15.1. The van der Waals surface area contributed by atoms with Crippen LogP contribution in [-0.2, 0) is 6.18 Å². The van der Waals surface area contributed by atoms with Crippen molar-refractivity contribution >= 4 is 36.5 Å². The summed E-state index contributed by atoms with van der Waals surface area (Å²) in [5.41, 5.74) is 11.3. The summed E-state index contributed by atoms with van der Waals surface area (Å²) in [7, 11) is 0. The average Bonchev–Trinajstić information content (AvgIpc) is 2.76. The molecule has 3 aromatic rings. The van der Waals surface area contributed by atoms with E-state index in [4.69, 9.17) is 31.8 Å². The smallest absolute Gasteiger partial charge is 0.416 e. The van der Waals surface area contributed by atoms with Crippen LogP contribution < -0.4 is 20.9 Å². The molecule has 2 atom stereocenters. The van der Waals surface area contributed by atoms with Gasteiger partial charge in [-0.2, -0.15) is 13.2 Å². The minimum Gasteiger partial charge on any atom is -0.478 e. The van der Waals surface area contributed by atoms with Gasteiger partial charge in [0.25, 0.3) is 0 Å². The van der Waals surface area contributed by atoms with Crippen LogP contribution in [0.25, 0.3) is 0 Å². The van der Waals surface area contributed by atoms with E-state index >= 15 is 0 Å². The molecule has 0 radical (unpaired) electrons. The van der Waals surface area contributed by atoms with E-state index in [1.54, 1.807) is 60.7 Å². The lowest BCUT2D eigenvalue weighted by molar-refractivity contribution is -0.137. The maximum Gasteiger partial charge on any atom is 0.416 e.